The maximum atomic E-state index is 12.2. The quantitative estimate of drug-likeness (QED) is 0.831. The van der Waals surface area contributed by atoms with Gasteiger partial charge in [-0.3, -0.25) is 9.59 Å². The van der Waals surface area contributed by atoms with E-state index in [1.807, 2.05) is 32.9 Å². The number of rotatable bonds is 4. The van der Waals surface area contributed by atoms with Crippen LogP contribution in [-0.2, 0) is 16.0 Å². The molecule has 2 rings (SSSR count). The van der Waals surface area contributed by atoms with Crippen LogP contribution in [0.4, 0.5) is 11.4 Å². The summed E-state index contributed by atoms with van der Waals surface area (Å²) >= 11 is 0. The Balaban J connectivity index is 2.17. The Morgan fingerprint density at radius 3 is 2.76 bits per heavy atom. The van der Waals surface area contributed by atoms with Crippen molar-refractivity contribution < 1.29 is 9.59 Å². The standard InChI is InChI=1S/C16H23N3O2/c1-4-16(2,3)18-14(20)10-19-13-7-6-12(17)9-11(13)5-8-15(19)21/h6-7,9H,4-5,8,10,17H2,1-3H3,(H,18,20). The van der Waals surface area contributed by atoms with Crippen molar-refractivity contribution in [3.63, 3.8) is 0 Å². The molecular formula is C16H23N3O2. The summed E-state index contributed by atoms with van der Waals surface area (Å²) in [5, 5.41) is 2.96. The summed E-state index contributed by atoms with van der Waals surface area (Å²) in [4.78, 5) is 25.9. The van der Waals surface area contributed by atoms with E-state index in [1.54, 1.807) is 11.0 Å². The maximum absolute atomic E-state index is 12.2. The normalized spacial score (nSPS) is 14.8. The molecule has 0 bridgehead atoms. The second-order valence-corrected chi connectivity index (χ2v) is 6.15. The molecule has 5 heteroatoms. The van der Waals surface area contributed by atoms with Gasteiger partial charge in [0.2, 0.25) is 11.8 Å². The molecule has 0 radical (unpaired) electrons. The summed E-state index contributed by atoms with van der Waals surface area (Å²) in [5.74, 6) is -0.156. The molecule has 3 N–H and O–H groups in total. The molecule has 114 valence electrons. The molecule has 1 heterocycles. The lowest BCUT2D eigenvalue weighted by atomic mass is 10.00. The largest absolute Gasteiger partial charge is 0.399 e. The third kappa shape index (κ3) is 3.54. The topological polar surface area (TPSA) is 75.4 Å². The number of carbonyl (C=O) groups excluding carboxylic acids is 2. The van der Waals surface area contributed by atoms with Crippen LogP contribution in [0.15, 0.2) is 18.2 Å². The second kappa shape index (κ2) is 5.76. The summed E-state index contributed by atoms with van der Waals surface area (Å²) in [7, 11) is 0. The zero-order valence-electron chi connectivity index (χ0n) is 12.9. The lowest BCUT2D eigenvalue weighted by molar-refractivity contribution is -0.125. The fourth-order valence-electron chi connectivity index (χ4n) is 2.40. The highest BCUT2D eigenvalue weighted by atomic mass is 16.2. The number of fused-ring (bicyclic) bond motifs is 1. The monoisotopic (exact) mass is 289 g/mol. The van der Waals surface area contributed by atoms with Crippen molar-refractivity contribution in [3.8, 4) is 0 Å². The van der Waals surface area contributed by atoms with Gasteiger partial charge in [-0.1, -0.05) is 6.92 Å². The van der Waals surface area contributed by atoms with E-state index in [9.17, 15) is 9.59 Å². The van der Waals surface area contributed by atoms with E-state index in [4.69, 9.17) is 5.73 Å². The van der Waals surface area contributed by atoms with Gasteiger partial charge >= 0.3 is 0 Å². The van der Waals surface area contributed by atoms with Crippen LogP contribution in [0.25, 0.3) is 0 Å². The number of anilines is 2. The molecule has 1 aromatic carbocycles. The number of nitrogens with zero attached hydrogens (tertiary/aromatic N) is 1. The number of hydrogen-bond acceptors (Lipinski definition) is 3. The van der Waals surface area contributed by atoms with Crippen molar-refractivity contribution in [3.05, 3.63) is 23.8 Å². The molecule has 2 amide bonds. The molecule has 0 aromatic heterocycles. The first-order valence-corrected chi connectivity index (χ1v) is 7.32. The Bertz CT molecular complexity index is 567. The van der Waals surface area contributed by atoms with Crippen LogP contribution in [0.1, 0.15) is 39.2 Å². The van der Waals surface area contributed by atoms with Crippen LogP contribution in [0.5, 0.6) is 0 Å². The fraction of sp³-hybridized carbons (Fsp3) is 0.500. The molecule has 0 atom stereocenters. The Morgan fingerprint density at radius 1 is 1.38 bits per heavy atom. The van der Waals surface area contributed by atoms with E-state index in [-0.39, 0.29) is 23.9 Å². The van der Waals surface area contributed by atoms with Crippen molar-refractivity contribution >= 4 is 23.2 Å². The van der Waals surface area contributed by atoms with Gasteiger partial charge in [-0.05, 0) is 50.5 Å². The van der Waals surface area contributed by atoms with Crippen molar-refractivity contribution in [2.75, 3.05) is 17.2 Å². The van der Waals surface area contributed by atoms with Crippen molar-refractivity contribution in [2.45, 2.75) is 45.6 Å². The Labute approximate surface area is 125 Å². The number of hydrogen-bond donors (Lipinski definition) is 2. The Hall–Kier alpha value is -2.04. The molecule has 0 aliphatic carbocycles. The first-order chi connectivity index (χ1) is 9.82. The minimum atomic E-state index is -0.264. The van der Waals surface area contributed by atoms with Gasteiger partial charge in [0.25, 0.3) is 0 Å². The highest BCUT2D eigenvalue weighted by Crippen LogP contribution is 2.29. The van der Waals surface area contributed by atoms with Gasteiger partial charge < -0.3 is 16.0 Å². The molecule has 1 aromatic rings. The smallest absolute Gasteiger partial charge is 0.240 e. The van der Waals surface area contributed by atoms with E-state index in [0.29, 0.717) is 18.5 Å². The van der Waals surface area contributed by atoms with E-state index >= 15 is 0 Å². The van der Waals surface area contributed by atoms with E-state index in [0.717, 1.165) is 17.7 Å². The van der Waals surface area contributed by atoms with Gasteiger partial charge in [0, 0.05) is 23.3 Å². The predicted octanol–water partition coefficient (Wildman–Crippen LogP) is 1.85. The van der Waals surface area contributed by atoms with Gasteiger partial charge in [0.1, 0.15) is 6.54 Å². The lowest BCUT2D eigenvalue weighted by Crippen LogP contribution is -2.49. The summed E-state index contributed by atoms with van der Waals surface area (Å²) < 4.78 is 0. The second-order valence-electron chi connectivity index (χ2n) is 6.15. The van der Waals surface area contributed by atoms with Crippen LogP contribution in [0, 0.1) is 0 Å². The number of aryl methyl sites for hydroxylation is 1. The Morgan fingerprint density at radius 2 is 2.10 bits per heavy atom. The number of nitrogen functional groups attached to an aromatic ring is 1. The minimum absolute atomic E-state index is 0.0169. The SMILES string of the molecule is CCC(C)(C)NC(=O)CN1C(=O)CCc2cc(N)ccc21. The van der Waals surface area contributed by atoms with E-state index in [1.165, 1.54) is 0 Å². The van der Waals surface area contributed by atoms with Crippen molar-refractivity contribution in [1.29, 1.82) is 0 Å². The molecule has 5 nitrogen and oxygen atoms in total. The lowest BCUT2D eigenvalue weighted by Gasteiger charge is -2.31. The van der Waals surface area contributed by atoms with Gasteiger partial charge in [-0.15, -0.1) is 0 Å². The molecular weight excluding hydrogens is 266 g/mol. The number of amides is 2. The minimum Gasteiger partial charge on any atom is -0.399 e. The molecule has 1 aliphatic rings. The van der Waals surface area contributed by atoms with Gasteiger partial charge in [-0.2, -0.15) is 0 Å². The number of benzene rings is 1. The number of nitrogens with two attached hydrogens (primary N) is 1. The van der Waals surface area contributed by atoms with Gasteiger partial charge in [0.15, 0.2) is 0 Å². The summed E-state index contributed by atoms with van der Waals surface area (Å²) in [5.41, 5.74) is 8.02. The van der Waals surface area contributed by atoms with Gasteiger partial charge in [0.05, 0.1) is 0 Å². The van der Waals surface area contributed by atoms with E-state index < -0.39 is 0 Å². The highest BCUT2D eigenvalue weighted by Gasteiger charge is 2.27. The molecule has 0 fully saturated rings. The summed E-state index contributed by atoms with van der Waals surface area (Å²) in [6.45, 7) is 6.01. The zero-order valence-corrected chi connectivity index (χ0v) is 12.9. The van der Waals surface area contributed by atoms with Gasteiger partial charge in [-0.25, -0.2) is 0 Å². The highest BCUT2D eigenvalue weighted by molar-refractivity contribution is 6.01. The molecule has 0 saturated heterocycles. The first-order valence-electron chi connectivity index (χ1n) is 7.32. The average Bonchev–Trinajstić information content (AvgIpc) is 2.41. The van der Waals surface area contributed by atoms with Crippen LogP contribution in [-0.4, -0.2) is 23.9 Å². The van der Waals surface area contributed by atoms with Crippen LogP contribution in [0.3, 0.4) is 0 Å². The Kier molecular flexibility index (Phi) is 4.21. The molecule has 1 aliphatic heterocycles. The predicted molar refractivity (Wildman–Crippen MR) is 84.0 cm³/mol. The third-order valence-corrected chi connectivity index (χ3v) is 3.97. The molecule has 0 spiro atoms. The zero-order chi connectivity index (χ0) is 15.6. The molecule has 21 heavy (non-hydrogen) atoms. The molecule has 0 saturated carbocycles. The number of carbonyl (C=O) groups is 2. The van der Waals surface area contributed by atoms with Crippen LogP contribution in [0.2, 0.25) is 0 Å². The summed E-state index contributed by atoms with van der Waals surface area (Å²) in [6.07, 6.45) is 1.93. The van der Waals surface area contributed by atoms with Crippen molar-refractivity contribution in [1.82, 2.24) is 5.32 Å². The third-order valence-electron chi connectivity index (χ3n) is 3.97. The summed E-state index contributed by atoms with van der Waals surface area (Å²) in [6, 6.07) is 5.46. The van der Waals surface area contributed by atoms with Crippen LogP contribution >= 0.6 is 0 Å². The van der Waals surface area contributed by atoms with E-state index in [2.05, 4.69) is 5.32 Å². The number of nitrogens with one attached hydrogen (secondary N) is 1. The fourth-order valence-corrected chi connectivity index (χ4v) is 2.40. The average molecular weight is 289 g/mol. The molecule has 0 unspecified atom stereocenters. The maximum Gasteiger partial charge on any atom is 0.240 e. The van der Waals surface area contributed by atoms with Crippen molar-refractivity contribution in [2.24, 2.45) is 0 Å². The van der Waals surface area contributed by atoms with Crippen LogP contribution < -0.4 is 16.0 Å². The first kappa shape index (κ1) is 15.4.